The zero-order chi connectivity index (χ0) is 13.3. The monoisotopic (exact) mass is 344 g/mol. The first-order valence-electron chi connectivity index (χ1n) is 5.07. The molecule has 0 amide bonds. The molecule has 0 aliphatic carbocycles. The number of phenols is 2. The quantitative estimate of drug-likeness (QED) is 0.377. The average molecular weight is 345 g/mol. The van der Waals surface area contributed by atoms with Gasteiger partial charge in [0.15, 0.2) is 17.5 Å². The maximum Gasteiger partial charge on any atom is 0.213 e. The predicted molar refractivity (Wildman–Crippen MR) is 81.4 cm³/mol. The van der Waals surface area contributed by atoms with E-state index in [0.29, 0.717) is 16.4 Å². The van der Waals surface area contributed by atoms with Crippen molar-refractivity contribution >= 4 is 39.4 Å². The van der Waals surface area contributed by atoms with Crippen LogP contribution in [0.5, 0.6) is 11.5 Å². The molecule has 1 aromatic carbocycles. The van der Waals surface area contributed by atoms with Gasteiger partial charge in [0, 0.05) is 10.4 Å². The number of aliphatic imine (C=N–C) groups is 1. The lowest BCUT2D eigenvalue weighted by atomic mass is 10.1. The summed E-state index contributed by atoms with van der Waals surface area (Å²) in [6, 6.07) is 4.51. The minimum Gasteiger partial charge on any atom is -0.504 e. The van der Waals surface area contributed by atoms with Crippen molar-refractivity contribution in [3.05, 3.63) is 23.1 Å². The van der Waals surface area contributed by atoms with Crippen LogP contribution >= 0.6 is 28.3 Å². The molecule has 0 unspecified atom stereocenters. The van der Waals surface area contributed by atoms with Crippen LogP contribution in [0, 0.1) is 6.92 Å². The Balaban J connectivity index is 0.00000180. The molecule has 1 heterocycles. The van der Waals surface area contributed by atoms with E-state index in [2.05, 4.69) is 9.98 Å². The van der Waals surface area contributed by atoms with E-state index in [0.717, 1.165) is 4.88 Å². The van der Waals surface area contributed by atoms with Crippen LogP contribution in [0.2, 0.25) is 0 Å². The molecular weight excluding hydrogens is 332 g/mol. The van der Waals surface area contributed by atoms with Gasteiger partial charge >= 0.3 is 0 Å². The molecule has 0 bridgehead atoms. The van der Waals surface area contributed by atoms with Crippen LogP contribution in [0.15, 0.2) is 23.2 Å². The van der Waals surface area contributed by atoms with Gasteiger partial charge in [0.05, 0.1) is 5.69 Å². The Labute approximate surface area is 124 Å². The highest BCUT2D eigenvalue weighted by Gasteiger charge is 2.11. The minimum absolute atomic E-state index is 0. The second kappa shape index (κ2) is 5.89. The molecule has 0 aliphatic heterocycles. The van der Waals surface area contributed by atoms with Crippen LogP contribution < -0.4 is 11.5 Å². The Hall–Kier alpha value is -1.80. The van der Waals surface area contributed by atoms with Crippen molar-refractivity contribution in [3.63, 3.8) is 0 Å². The molecule has 0 spiro atoms. The van der Waals surface area contributed by atoms with Gasteiger partial charge in [-0.3, -0.25) is 0 Å². The summed E-state index contributed by atoms with van der Waals surface area (Å²) >= 11 is 1.34. The number of phenolic OH excluding ortho intramolecular Hbond substituents is 2. The molecule has 0 fully saturated rings. The number of hydrogen-bond acceptors (Lipinski definition) is 5. The van der Waals surface area contributed by atoms with Crippen molar-refractivity contribution in [1.82, 2.24) is 4.98 Å². The van der Waals surface area contributed by atoms with Gasteiger partial charge < -0.3 is 21.7 Å². The summed E-state index contributed by atoms with van der Waals surface area (Å²) in [4.78, 5) is 9.06. The number of rotatable bonds is 2. The number of aromatic hydroxyl groups is 2. The van der Waals surface area contributed by atoms with E-state index in [1.54, 1.807) is 6.07 Å². The molecule has 0 aliphatic rings. The Morgan fingerprint density at radius 2 is 1.95 bits per heavy atom. The number of aromatic nitrogens is 1. The lowest BCUT2D eigenvalue weighted by Gasteiger charge is -2.01. The zero-order valence-electron chi connectivity index (χ0n) is 9.99. The van der Waals surface area contributed by atoms with E-state index in [1.807, 2.05) is 6.92 Å². The van der Waals surface area contributed by atoms with Crippen molar-refractivity contribution < 1.29 is 10.2 Å². The molecule has 0 saturated heterocycles. The first kappa shape index (κ1) is 15.3. The SMILES string of the molecule is Br.Cc1sc(N=C(N)N)nc1-c1ccc(O)c(O)c1. The lowest BCUT2D eigenvalue weighted by molar-refractivity contribution is 0.404. The second-order valence-electron chi connectivity index (χ2n) is 3.64. The predicted octanol–water partition coefficient (Wildman–Crippen LogP) is 2.01. The maximum absolute atomic E-state index is 9.46. The van der Waals surface area contributed by atoms with E-state index in [9.17, 15) is 10.2 Å². The Morgan fingerprint density at radius 3 is 2.53 bits per heavy atom. The van der Waals surface area contributed by atoms with Gasteiger partial charge in [0.25, 0.3) is 0 Å². The average Bonchev–Trinajstić information content (AvgIpc) is 2.62. The van der Waals surface area contributed by atoms with Gasteiger partial charge in [-0.15, -0.1) is 17.0 Å². The van der Waals surface area contributed by atoms with E-state index in [1.165, 1.54) is 23.5 Å². The maximum atomic E-state index is 9.46. The van der Waals surface area contributed by atoms with Gasteiger partial charge in [-0.2, -0.15) is 4.99 Å². The molecular formula is C11H13BrN4O2S. The number of guanidine groups is 1. The van der Waals surface area contributed by atoms with Gasteiger partial charge in [0.2, 0.25) is 5.13 Å². The second-order valence-corrected chi connectivity index (χ2v) is 4.82. The number of aryl methyl sites for hydroxylation is 1. The fourth-order valence-corrected chi connectivity index (χ4v) is 2.30. The van der Waals surface area contributed by atoms with Crippen molar-refractivity contribution in [2.75, 3.05) is 0 Å². The largest absolute Gasteiger partial charge is 0.504 e. The fourth-order valence-electron chi connectivity index (χ4n) is 1.48. The first-order valence-corrected chi connectivity index (χ1v) is 5.88. The molecule has 2 aromatic rings. The Kier molecular flexibility index (Phi) is 4.73. The molecule has 19 heavy (non-hydrogen) atoms. The highest BCUT2D eigenvalue weighted by Crippen LogP contribution is 2.35. The normalized spacial score (nSPS) is 9.74. The third kappa shape index (κ3) is 3.36. The first-order chi connectivity index (χ1) is 8.47. The van der Waals surface area contributed by atoms with Crippen LogP contribution in [0.1, 0.15) is 4.88 Å². The van der Waals surface area contributed by atoms with E-state index >= 15 is 0 Å². The summed E-state index contributed by atoms with van der Waals surface area (Å²) in [5.74, 6) is -0.414. The zero-order valence-corrected chi connectivity index (χ0v) is 12.5. The number of halogens is 1. The molecule has 0 saturated carbocycles. The third-order valence-corrected chi connectivity index (χ3v) is 3.12. The summed E-state index contributed by atoms with van der Waals surface area (Å²) in [5, 5.41) is 19.2. The molecule has 8 heteroatoms. The van der Waals surface area contributed by atoms with Crippen molar-refractivity contribution in [3.8, 4) is 22.8 Å². The topological polar surface area (TPSA) is 118 Å². The summed E-state index contributed by atoms with van der Waals surface area (Å²) in [6.45, 7) is 1.88. The van der Waals surface area contributed by atoms with Crippen molar-refractivity contribution in [2.45, 2.75) is 6.92 Å². The lowest BCUT2D eigenvalue weighted by Crippen LogP contribution is -2.21. The molecule has 6 N–H and O–H groups in total. The molecule has 1 aromatic heterocycles. The standard InChI is InChI=1S/C11H12N4O2S.BrH/c1-5-9(14-11(18-5)15-10(12)13)6-2-3-7(16)8(17)4-6;/h2-4,16-17H,1H3,(H4,12,13,14,15);1H. The molecule has 102 valence electrons. The number of thiazole rings is 1. The smallest absolute Gasteiger partial charge is 0.213 e. The van der Waals surface area contributed by atoms with Crippen LogP contribution in [0.25, 0.3) is 11.3 Å². The van der Waals surface area contributed by atoms with Crippen LogP contribution in [0.4, 0.5) is 5.13 Å². The number of benzene rings is 1. The number of hydrogen-bond donors (Lipinski definition) is 4. The molecule has 6 nitrogen and oxygen atoms in total. The summed E-state index contributed by atoms with van der Waals surface area (Å²) in [5.41, 5.74) is 11.9. The van der Waals surface area contributed by atoms with E-state index < -0.39 is 0 Å². The van der Waals surface area contributed by atoms with Gasteiger partial charge in [-0.1, -0.05) is 11.3 Å². The van der Waals surface area contributed by atoms with Crippen LogP contribution in [-0.4, -0.2) is 21.2 Å². The number of nitrogens with zero attached hydrogens (tertiary/aromatic N) is 2. The fraction of sp³-hybridized carbons (Fsp3) is 0.0909. The summed E-state index contributed by atoms with van der Waals surface area (Å²) in [7, 11) is 0. The Morgan fingerprint density at radius 1 is 1.26 bits per heavy atom. The van der Waals surface area contributed by atoms with E-state index in [4.69, 9.17) is 11.5 Å². The summed E-state index contributed by atoms with van der Waals surface area (Å²) < 4.78 is 0. The van der Waals surface area contributed by atoms with Gasteiger partial charge in [-0.25, -0.2) is 4.98 Å². The highest BCUT2D eigenvalue weighted by molar-refractivity contribution is 8.93. The van der Waals surface area contributed by atoms with Gasteiger partial charge in [0.1, 0.15) is 0 Å². The van der Waals surface area contributed by atoms with Crippen LogP contribution in [0.3, 0.4) is 0 Å². The van der Waals surface area contributed by atoms with Gasteiger partial charge in [-0.05, 0) is 25.1 Å². The third-order valence-electron chi connectivity index (χ3n) is 2.26. The van der Waals surface area contributed by atoms with Crippen molar-refractivity contribution in [2.24, 2.45) is 16.5 Å². The summed E-state index contributed by atoms with van der Waals surface area (Å²) in [6.07, 6.45) is 0. The number of nitrogens with two attached hydrogens (primary N) is 2. The molecule has 0 atom stereocenters. The van der Waals surface area contributed by atoms with Crippen LogP contribution in [-0.2, 0) is 0 Å². The molecule has 2 rings (SSSR count). The molecule has 0 radical (unpaired) electrons. The van der Waals surface area contributed by atoms with E-state index in [-0.39, 0.29) is 34.4 Å². The van der Waals surface area contributed by atoms with Crippen molar-refractivity contribution in [1.29, 1.82) is 0 Å². The Bertz CT molecular complexity index is 623. The highest BCUT2D eigenvalue weighted by atomic mass is 79.9. The minimum atomic E-state index is -0.191.